The molecule has 154 valence electrons. The number of hydrogen-bond donors (Lipinski definition) is 1. The van der Waals surface area contributed by atoms with E-state index in [1.165, 1.54) is 58.6 Å². The summed E-state index contributed by atoms with van der Waals surface area (Å²) in [5, 5.41) is 2.91. The van der Waals surface area contributed by atoms with Gasteiger partial charge in [-0.25, -0.2) is 9.59 Å². The van der Waals surface area contributed by atoms with Crippen LogP contribution in [0.1, 0.15) is 65.7 Å². The predicted octanol–water partition coefficient (Wildman–Crippen LogP) is 4.95. The first-order valence-electron chi connectivity index (χ1n) is 10.1. The number of benzene rings is 1. The second-order valence-electron chi connectivity index (χ2n) is 7.38. The summed E-state index contributed by atoms with van der Waals surface area (Å²) in [5.41, 5.74) is 0.555. The van der Waals surface area contributed by atoms with Crippen molar-refractivity contribution in [1.29, 1.82) is 0 Å². The molecule has 6 heteroatoms. The fraction of sp³-hybridized carbons (Fsp3) is 0.545. The van der Waals surface area contributed by atoms with Crippen molar-refractivity contribution in [2.45, 2.75) is 71.5 Å². The zero-order chi connectivity index (χ0) is 20.4. The Labute approximate surface area is 167 Å². The molecular formula is C22H31NO5. The Morgan fingerprint density at radius 1 is 0.929 bits per heavy atom. The van der Waals surface area contributed by atoms with Crippen LogP contribution in [-0.2, 0) is 19.1 Å². The summed E-state index contributed by atoms with van der Waals surface area (Å²) in [6.07, 6.45) is 10.1. The van der Waals surface area contributed by atoms with E-state index in [4.69, 9.17) is 14.2 Å². The molecule has 28 heavy (non-hydrogen) atoms. The van der Waals surface area contributed by atoms with Gasteiger partial charge in [0.2, 0.25) is 0 Å². The topological polar surface area (TPSA) is 73.9 Å². The lowest BCUT2D eigenvalue weighted by molar-refractivity contribution is -0.222. The Bertz CT molecular complexity index is 657. The van der Waals surface area contributed by atoms with Gasteiger partial charge in [0.05, 0.1) is 6.61 Å². The summed E-state index contributed by atoms with van der Waals surface area (Å²) in [6, 6.07) is 7.34. The lowest BCUT2D eigenvalue weighted by Gasteiger charge is -2.29. The molecule has 1 aromatic carbocycles. The number of esters is 2. The average molecular weight is 389 g/mol. The minimum absolute atomic E-state index is 0.168. The van der Waals surface area contributed by atoms with Crippen molar-refractivity contribution >= 4 is 17.6 Å². The maximum atomic E-state index is 11.9. The van der Waals surface area contributed by atoms with Crippen LogP contribution in [0, 0.1) is 0 Å². The molecule has 0 bridgehead atoms. The Morgan fingerprint density at radius 3 is 2.11 bits per heavy atom. The molecule has 6 nitrogen and oxygen atoms in total. The van der Waals surface area contributed by atoms with Crippen molar-refractivity contribution in [2.24, 2.45) is 0 Å². The number of carbonyl (C=O) groups excluding carboxylic acids is 2. The molecule has 1 fully saturated rings. The van der Waals surface area contributed by atoms with Gasteiger partial charge in [-0.15, -0.1) is 0 Å². The van der Waals surface area contributed by atoms with Crippen molar-refractivity contribution < 1.29 is 23.8 Å². The largest absolute Gasteiger partial charge is 0.494 e. The van der Waals surface area contributed by atoms with Crippen molar-refractivity contribution in [2.75, 3.05) is 11.9 Å². The maximum Gasteiger partial charge on any atom is 0.350 e. The number of unbranched alkanes of at least 4 members (excludes halogenated alkanes) is 6. The lowest BCUT2D eigenvalue weighted by atomic mass is 10.1. The molecule has 0 aliphatic carbocycles. The Morgan fingerprint density at radius 2 is 1.50 bits per heavy atom. The fourth-order valence-electron chi connectivity index (χ4n) is 2.83. The van der Waals surface area contributed by atoms with E-state index < -0.39 is 17.7 Å². The van der Waals surface area contributed by atoms with Gasteiger partial charge in [0, 0.05) is 25.7 Å². The van der Waals surface area contributed by atoms with Crippen LogP contribution in [0.15, 0.2) is 36.0 Å². The predicted molar refractivity (Wildman–Crippen MR) is 108 cm³/mol. The third-order valence-corrected chi connectivity index (χ3v) is 4.37. The number of carbonyl (C=O) groups is 2. The summed E-state index contributed by atoms with van der Waals surface area (Å²) in [4.78, 5) is 23.8. The Kier molecular flexibility index (Phi) is 8.36. The quantitative estimate of drug-likeness (QED) is 0.250. The highest BCUT2D eigenvalue weighted by Crippen LogP contribution is 2.23. The van der Waals surface area contributed by atoms with Crippen molar-refractivity contribution in [1.82, 2.24) is 0 Å². The highest BCUT2D eigenvalue weighted by molar-refractivity contribution is 6.15. The van der Waals surface area contributed by atoms with E-state index in [1.54, 1.807) is 0 Å². The number of nitrogens with one attached hydrogen (secondary N) is 1. The van der Waals surface area contributed by atoms with E-state index in [0.29, 0.717) is 6.61 Å². The van der Waals surface area contributed by atoms with Crippen LogP contribution < -0.4 is 10.1 Å². The molecule has 2 rings (SSSR count). The van der Waals surface area contributed by atoms with Crippen LogP contribution in [-0.4, -0.2) is 24.3 Å². The van der Waals surface area contributed by atoms with E-state index in [0.717, 1.165) is 17.9 Å². The molecule has 1 aromatic rings. The molecule has 0 aromatic heterocycles. The van der Waals surface area contributed by atoms with Gasteiger partial charge in [-0.05, 0) is 30.7 Å². The fourth-order valence-corrected chi connectivity index (χ4v) is 2.83. The van der Waals surface area contributed by atoms with Gasteiger partial charge in [-0.2, -0.15) is 0 Å². The molecular weight excluding hydrogens is 358 g/mol. The van der Waals surface area contributed by atoms with Crippen molar-refractivity contribution in [3.8, 4) is 5.75 Å². The minimum Gasteiger partial charge on any atom is -0.494 e. The van der Waals surface area contributed by atoms with Crippen LogP contribution in [0.2, 0.25) is 0 Å². The van der Waals surface area contributed by atoms with E-state index in [1.807, 2.05) is 24.3 Å². The molecule has 1 heterocycles. The smallest absolute Gasteiger partial charge is 0.350 e. The first-order valence-corrected chi connectivity index (χ1v) is 10.1. The minimum atomic E-state index is -1.24. The summed E-state index contributed by atoms with van der Waals surface area (Å²) < 4.78 is 15.8. The second kappa shape index (κ2) is 10.7. The monoisotopic (exact) mass is 389 g/mol. The van der Waals surface area contributed by atoms with Gasteiger partial charge >= 0.3 is 11.9 Å². The van der Waals surface area contributed by atoms with Gasteiger partial charge in [0.1, 0.15) is 5.75 Å². The summed E-state index contributed by atoms with van der Waals surface area (Å²) in [5.74, 6) is -1.85. The third-order valence-electron chi connectivity index (χ3n) is 4.37. The molecule has 0 atom stereocenters. The molecule has 1 aliphatic rings. The lowest BCUT2D eigenvalue weighted by Crippen LogP contribution is -2.42. The summed E-state index contributed by atoms with van der Waals surface area (Å²) in [7, 11) is 0. The first-order chi connectivity index (χ1) is 13.4. The van der Waals surface area contributed by atoms with Crippen LogP contribution >= 0.6 is 0 Å². The zero-order valence-corrected chi connectivity index (χ0v) is 17.1. The number of ether oxygens (including phenoxy) is 3. The second-order valence-corrected chi connectivity index (χ2v) is 7.38. The van der Waals surface area contributed by atoms with Gasteiger partial charge in [0.15, 0.2) is 5.57 Å². The number of hydrogen-bond acceptors (Lipinski definition) is 6. The average Bonchev–Trinajstić information content (AvgIpc) is 2.63. The van der Waals surface area contributed by atoms with E-state index in [9.17, 15) is 9.59 Å². The van der Waals surface area contributed by atoms with Gasteiger partial charge in [-0.3, -0.25) is 0 Å². The van der Waals surface area contributed by atoms with Crippen LogP contribution in [0.3, 0.4) is 0 Å². The molecule has 1 saturated heterocycles. The molecule has 0 spiro atoms. The highest BCUT2D eigenvalue weighted by Gasteiger charge is 2.38. The zero-order valence-electron chi connectivity index (χ0n) is 17.1. The third kappa shape index (κ3) is 7.25. The summed E-state index contributed by atoms with van der Waals surface area (Å²) >= 11 is 0. The summed E-state index contributed by atoms with van der Waals surface area (Å²) in [6.45, 7) is 5.96. The highest BCUT2D eigenvalue weighted by atomic mass is 16.7. The van der Waals surface area contributed by atoms with Crippen molar-refractivity contribution in [3.05, 3.63) is 36.0 Å². The van der Waals surface area contributed by atoms with E-state index in [2.05, 4.69) is 12.2 Å². The van der Waals surface area contributed by atoms with Gasteiger partial charge in [-0.1, -0.05) is 45.4 Å². The van der Waals surface area contributed by atoms with Crippen LogP contribution in [0.25, 0.3) is 0 Å². The van der Waals surface area contributed by atoms with Crippen molar-refractivity contribution in [3.63, 3.8) is 0 Å². The molecule has 1 aliphatic heterocycles. The SMILES string of the molecule is CCCCCCCCCOc1ccc(NC=C2C(=O)OC(C)(C)OC2=O)cc1. The maximum absolute atomic E-state index is 11.9. The standard InChI is InChI=1S/C22H31NO5/c1-4-5-6-7-8-9-10-15-26-18-13-11-17(12-14-18)23-16-19-20(24)27-22(2,3)28-21(19)25/h11-14,16,23H,4-10,15H2,1-3H3. The van der Waals surface area contributed by atoms with E-state index >= 15 is 0 Å². The molecule has 0 radical (unpaired) electrons. The number of cyclic esters (lactones) is 2. The van der Waals surface area contributed by atoms with Gasteiger partial charge < -0.3 is 19.5 Å². The van der Waals surface area contributed by atoms with Crippen LogP contribution in [0.4, 0.5) is 5.69 Å². The molecule has 1 N–H and O–H groups in total. The van der Waals surface area contributed by atoms with Gasteiger partial charge in [0.25, 0.3) is 5.79 Å². The first kappa shape index (κ1) is 21.8. The number of rotatable bonds is 11. The molecule has 0 saturated carbocycles. The number of anilines is 1. The van der Waals surface area contributed by atoms with E-state index in [-0.39, 0.29) is 5.57 Å². The van der Waals surface area contributed by atoms with Crippen LogP contribution in [0.5, 0.6) is 5.75 Å². The molecule has 0 amide bonds. The molecule has 0 unspecified atom stereocenters. The Hall–Kier alpha value is -2.50. The normalized spacial score (nSPS) is 15.6. The Balaban J connectivity index is 1.72.